The largest absolute Gasteiger partial charge is 0.496 e. The molecule has 132 valence electrons. The smallest absolute Gasteiger partial charge is 0.250 e. The highest BCUT2D eigenvalue weighted by atomic mass is 32.2. The summed E-state index contributed by atoms with van der Waals surface area (Å²) in [7, 11) is -1.81. The molecule has 0 fully saturated rings. The van der Waals surface area contributed by atoms with E-state index in [1.807, 2.05) is 36.6 Å². The van der Waals surface area contributed by atoms with E-state index < -0.39 is 10.0 Å². The summed E-state index contributed by atoms with van der Waals surface area (Å²) in [6.07, 6.45) is 0.537. The fourth-order valence-corrected chi connectivity index (χ4v) is 5.55. The number of methoxy groups -OCH3 is 1. The zero-order chi connectivity index (χ0) is 17.9. The van der Waals surface area contributed by atoms with Gasteiger partial charge in [0.2, 0.25) is 10.0 Å². The van der Waals surface area contributed by atoms with Gasteiger partial charge in [-0.3, -0.25) is 0 Å². The van der Waals surface area contributed by atoms with Crippen LogP contribution in [-0.2, 0) is 16.4 Å². The van der Waals surface area contributed by atoms with Crippen molar-refractivity contribution in [2.45, 2.75) is 17.6 Å². The Balaban J connectivity index is 1.64. The summed E-state index contributed by atoms with van der Waals surface area (Å²) in [6, 6.07) is 11.1. The third kappa shape index (κ3) is 4.27. The molecule has 0 bridgehead atoms. The van der Waals surface area contributed by atoms with Crippen LogP contribution in [0.1, 0.15) is 10.6 Å². The van der Waals surface area contributed by atoms with Gasteiger partial charge in [-0.2, -0.15) is 0 Å². The fourth-order valence-electron chi connectivity index (χ4n) is 2.31. The van der Waals surface area contributed by atoms with E-state index >= 15 is 0 Å². The molecule has 0 radical (unpaired) electrons. The Bertz CT molecular complexity index is 961. The van der Waals surface area contributed by atoms with Gasteiger partial charge in [0.25, 0.3) is 0 Å². The van der Waals surface area contributed by atoms with Crippen molar-refractivity contribution in [3.05, 3.63) is 52.3 Å². The van der Waals surface area contributed by atoms with Crippen LogP contribution in [0.5, 0.6) is 5.75 Å². The van der Waals surface area contributed by atoms with E-state index in [9.17, 15) is 8.42 Å². The molecule has 8 heteroatoms. The minimum Gasteiger partial charge on any atom is -0.496 e. The first-order chi connectivity index (χ1) is 12.0. The molecule has 0 atom stereocenters. The van der Waals surface area contributed by atoms with Crippen molar-refractivity contribution in [1.29, 1.82) is 0 Å². The van der Waals surface area contributed by atoms with Crippen LogP contribution in [0.2, 0.25) is 0 Å². The third-order valence-electron chi connectivity index (χ3n) is 3.54. The van der Waals surface area contributed by atoms with Gasteiger partial charge >= 0.3 is 0 Å². The van der Waals surface area contributed by atoms with Crippen LogP contribution >= 0.6 is 22.7 Å². The van der Waals surface area contributed by atoms with Crippen molar-refractivity contribution < 1.29 is 13.2 Å². The fraction of sp³-hybridized carbons (Fsp3) is 0.235. The number of nitrogens with one attached hydrogen (secondary N) is 1. The van der Waals surface area contributed by atoms with Gasteiger partial charge in [-0.25, -0.2) is 18.1 Å². The highest BCUT2D eigenvalue weighted by Crippen LogP contribution is 2.31. The van der Waals surface area contributed by atoms with E-state index in [1.165, 1.54) is 22.7 Å². The highest BCUT2D eigenvalue weighted by Gasteiger charge is 2.16. The number of hydrogen-bond donors (Lipinski definition) is 1. The molecule has 1 N–H and O–H groups in total. The summed E-state index contributed by atoms with van der Waals surface area (Å²) < 4.78 is 32.8. The zero-order valence-corrected chi connectivity index (χ0v) is 16.3. The van der Waals surface area contributed by atoms with Gasteiger partial charge in [-0.15, -0.1) is 22.7 Å². The van der Waals surface area contributed by atoms with Gasteiger partial charge in [0.05, 0.1) is 18.4 Å². The van der Waals surface area contributed by atoms with Gasteiger partial charge in [0.1, 0.15) is 15.0 Å². The topological polar surface area (TPSA) is 68.3 Å². The summed E-state index contributed by atoms with van der Waals surface area (Å²) in [5.41, 5.74) is 1.80. The summed E-state index contributed by atoms with van der Waals surface area (Å²) in [4.78, 5) is 5.57. The van der Waals surface area contributed by atoms with E-state index in [4.69, 9.17) is 4.74 Å². The molecule has 0 aliphatic rings. The Morgan fingerprint density at radius 3 is 2.72 bits per heavy atom. The molecule has 0 aliphatic heterocycles. The van der Waals surface area contributed by atoms with Crippen LogP contribution in [0, 0.1) is 6.92 Å². The number of rotatable bonds is 7. The quantitative estimate of drug-likeness (QED) is 0.663. The summed E-state index contributed by atoms with van der Waals surface area (Å²) in [5, 5.41) is 2.81. The number of thiophene rings is 1. The second-order valence-corrected chi connectivity index (χ2v) is 9.50. The molecular formula is C17H18N2O3S3. The Hall–Kier alpha value is -1.74. The van der Waals surface area contributed by atoms with Crippen molar-refractivity contribution in [2.75, 3.05) is 13.7 Å². The monoisotopic (exact) mass is 394 g/mol. The molecule has 3 aromatic rings. The van der Waals surface area contributed by atoms with Crippen molar-refractivity contribution >= 4 is 32.7 Å². The van der Waals surface area contributed by atoms with E-state index in [1.54, 1.807) is 19.2 Å². The first-order valence-electron chi connectivity index (χ1n) is 7.63. The number of aryl methyl sites for hydroxylation is 1. The highest BCUT2D eigenvalue weighted by molar-refractivity contribution is 7.91. The third-order valence-corrected chi connectivity index (χ3v) is 7.42. The van der Waals surface area contributed by atoms with Gasteiger partial charge in [-0.1, -0.05) is 12.1 Å². The van der Waals surface area contributed by atoms with E-state index in [-0.39, 0.29) is 0 Å². The summed E-state index contributed by atoms with van der Waals surface area (Å²) in [5.74, 6) is 0.775. The Labute approximate surface area is 155 Å². The maximum atomic E-state index is 12.2. The zero-order valence-electron chi connectivity index (χ0n) is 13.9. The molecule has 0 spiro atoms. The van der Waals surface area contributed by atoms with Gasteiger partial charge in [-0.05, 0) is 31.2 Å². The number of sulfonamides is 1. The number of para-hydroxylation sites is 1. The molecule has 0 aliphatic carbocycles. The Morgan fingerprint density at radius 1 is 1.20 bits per heavy atom. The lowest BCUT2D eigenvalue weighted by Crippen LogP contribution is -2.25. The predicted octanol–water partition coefficient (Wildman–Crippen LogP) is 3.71. The van der Waals surface area contributed by atoms with Crippen LogP contribution in [0.4, 0.5) is 0 Å². The summed E-state index contributed by atoms with van der Waals surface area (Å²) >= 11 is 2.79. The Kier molecular flexibility index (Phi) is 5.53. The first kappa shape index (κ1) is 18.1. The molecular weight excluding hydrogens is 376 g/mol. The summed E-state index contributed by atoms with van der Waals surface area (Å²) in [6.45, 7) is 2.20. The second-order valence-electron chi connectivity index (χ2n) is 5.36. The van der Waals surface area contributed by atoms with Crippen LogP contribution in [0.15, 0.2) is 46.0 Å². The number of hydrogen-bond acceptors (Lipinski definition) is 6. The van der Waals surface area contributed by atoms with Crippen molar-refractivity contribution in [3.8, 4) is 16.3 Å². The number of benzene rings is 1. The molecule has 0 saturated carbocycles. The maximum absolute atomic E-state index is 12.2. The van der Waals surface area contributed by atoms with E-state index in [0.29, 0.717) is 17.2 Å². The molecule has 2 aromatic heterocycles. The molecule has 0 amide bonds. The number of thiazole rings is 1. The van der Waals surface area contributed by atoms with E-state index in [2.05, 4.69) is 9.71 Å². The van der Waals surface area contributed by atoms with Crippen LogP contribution in [0.25, 0.3) is 10.6 Å². The molecule has 2 heterocycles. The van der Waals surface area contributed by atoms with E-state index in [0.717, 1.165) is 26.9 Å². The van der Waals surface area contributed by atoms with Crippen molar-refractivity contribution in [3.63, 3.8) is 0 Å². The standard InChI is InChI=1S/C17H18N2O3S3/c1-12-7-8-16(24-12)25(20,21)18-10-9-13-11-23-17(19-13)14-5-3-4-6-15(14)22-2/h3-8,11,18H,9-10H2,1-2H3. The average molecular weight is 395 g/mol. The second kappa shape index (κ2) is 7.65. The molecule has 5 nitrogen and oxygen atoms in total. The Morgan fingerprint density at radius 2 is 2.00 bits per heavy atom. The van der Waals surface area contributed by atoms with Gasteiger partial charge in [0, 0.05) is 23.2 Å². The lowest BCUT2D eigenvalue weighted by molar-refractivity contribution is 0.416. The van der Waals surface area contributed by atoms with Crippen molar-refractivity contribution in [1.82, 2.24) is 9.71 Å². The maximum Gasteiger partial charge on any atom is 0.250 e. The predicted molar refractivity (Wildman–Crippen MR) is 102 cm³/mol. The van der Waals surface area contributed by atoms with Crippen LogP contribution < -0.4 is 9.46 Å². The lowest BCUT2D eigenvalue weighted by Gasteiger charge is -2.05. The minimum absolute atomic E-state index is 0.314. The molecule has 0 saturated heterocycles. The van der Waals surface area contributed by atoms with Crippen molar-refractivity contribution in [2.24, 2.45) is 0 Å². The SMILES string of the molecule is COc1ccccc1-c1nc(CCNS(=O)(=O)c2ccc(C)s2)cs1. The van der Waals surface area contributed by atoms with Gasteiger partial charge < -0.3 is 4.74 Å². The normalized spacial score (nSPS) is 11.6. The number of ether oxygens (including phenoxy) is 1. The molecule has 1 aromatic carbocycles. The lowest BCUT2D eigenvalue weighted by atomic mass is 10.2. The van der Waals surface area contributed by atoms with Crippen LogP contribution in [0.3, 0.4) is 0 Å². The molecule has 3 rings (SSSR count). The molecule has 0 unspecified atom stereocenters. The van der Waals surface area contributed by atoms with Crippen LogP contribution in [-0.4, -0.2) is 27.1 Å². The average Bonchev–Trinajstić information content (AvgIpc) is 3.24. The number of aromatic nitrogens is 1. The minimum atomic E-state index is -3.44. The number of nitrogens with zero attached hydrogens (tertiary/aromatic N) is 1. The first-order valence-corrected chi connectivity index (χ1v) is 10.8. The molecule has 25 heavy (non-hydrogen) atoms. The van der Waals surface area contributed by atoms with Gasteiger partial charge in [0.15, 0.2) is 0 Å².